The maximum Gasteiger partial charge on any atom is 0.339 e. The third-order valence-electron chi connectivity index (χ3n) is 2.13. The summed E-state index contributed by atoms with van der Waals surface area (Å²) in [5, 5.41) is 9.35. The number of aromatic carboxylic acids is 1. The molecular formula is C11H10N2O4S. The lowest BCUT2D eigenvalue weighted by Gasteiger charge is -2.07. The third kappa shape index (κ3) is 2.57. The van der Waals surface area contributed by atoms with Crippen LogP contribution in [0.2, 0.25) is 0 Å². The molecule has 2 aromatic rings. The fourth-order valence-corrected chi connectivity index (χ4v) is 1.86. The van der Waals surface area contributed by atoms with Crippen molar-refractivity contribution in [2.24, 2.45) is 0 Å². The van der Waals surface area contributed by atoms with Crippen LogP contribution in [0.25, 0.3) is 0 Å². The number of carboxylic acid groups (broad SMARTS) is 1. The third-order valence-corrected chi connectivity index (χ3v) is 2.81. The normalized spacial score (nSPS) is 10.1. The maximum absolute atomic E-state index is 11.1. The van der Waals surface area contributed by atoms with Gasteiger partial charge in [-0.15, -0.1) is 0 Å². The predicted molar refractivity (Wildman–Crippen MR) is 64.7 cm³/mol. The molecule has 0 aliphatic heterocycles. The van der Waals surface area contributed by atoms with E-state index in [4.69, 9.17) is 14.6 Å². The fourth-order valence-electron chi connectivity index (χ4n) is 1.30. The molecule has 2 rings (SSSR count). The number of aryl methyl sites for hydroxylation is 1. The first-order valence-corrected chi connectivity index (χ1v) is 5.77. The Balaban J connectivity index is 2.37. The van der Waals surface area contributed by atoms with Crippen LogP contribution in [-0.2, 0) is 0 Å². The van der Waals surface area contributed by atoms with Gasteiger partial charge in [0.2, 0.25) is 0 Å². The largest absolute Gasteiger partial charge is 0.497 e. The molecule has 1 N–H and O–H groups in total. The van der Waals surface area contributed by atoms with E-state index in [-0.39, 0.29) is 11.3 Å². The Morgan fingerprint density at radius 3 is 2.78 bits per heavy atom. The quantitative estimate of drug-likeness (QED) is 0.914. The van der Waals surface area contributed by atoms with E-state index >= 15 is 0 Å². The molecule has 1 heterocycles. The van der Waals surface area contributed by atoms with Crippen molar-refractivity contribution in [1.82, 2.24) is 9.36 Å². The first-order valence-electron chi connectivity index (χ1n) is 4.99. The van der Waals surface area contributed by atoms with Crippen molar-refractivity contribution in [2.75, 3.05) is 7.11 Å². The molecule has 0 atom stereocenters. The van der Waals surface area contributed by atoms with Crippen LogP contribution in [0.3, 0.4) is 0 Å². The van der Waals surface area contributed by atoms with Crippen molar-refractivity contribution in [3.8, 4) is 16.7 Å². The number of aromatic nitrogens is 2. The molecule has 1 aromatic heterocycles. The monoisotopic (exact) mass is 266 g/mol. The second-order valence-electron chi connectivity index (χ2n) is 3.38. The second-order valence-corrected chi connectivity index (χ2v) is 4.09. The first-order chi connectivity index (χ1) is 8.60. The van der Waals surface area contributed by atoms with Crippen LogP contribution in [-0.4, -0.2) is 27.5 Å². The van der Waals surface area contributed by atoms with Crippen LogP contribution < -0.4 is 9.47 Å². The van der Waals surface area contributed by atoms with E-state index in [1.165, 1.54) is 19.2 Å². The molecule has 1 aromatic carbocycles. The highest BCUT2D eigenvalue weighted by Gasteiger charge is 2.14. The second kappa shape index (κ2) is 5.01. The van der Waals surface area contributed by atoms with Crippen LogP contribution >= 0.6 is 11.5 Å². The average molecular weight is 266 g/mol. The molecular weight excluding hydrogens is 256 g/mol. The number of rotatable bonds is 4. The fraction of sp³-hybridized carbons (Fsp3) is 0.182. The number of ether oxygens (including phenoxy) is 2. The van der Waals surface area contributed by atoms with Crippen molar-refractivity contribution in [1.29, 1.82) is 0 Å². The van der Waals surface area contributed by atoms with Gasteiger partial charge in [0.15, 0.2) is 0 Å². The summed E-state index contributed by atoms with van der Waals surface area (Å²) >= 11 is 1.06. The van der Waals surface area contributed by atoms with Crippen LogP contribution in [0.5, 0.6) is 16.7 Å². The summed E-state index contributed by atoms with van der Waals surface area (Å²) in [6, 6.07) is 4.48. The summed E-state index contributed by atoms with van der Waals surface area (Å²) in [6.45, 7) is 1.73. The molecule has 0 radical (unpaired) electrons. The van der Waals surface area contributed by atoms with Gasteiger partial charge in [-0.25, -0.2) is 4.79 Å². The highest BCUT2D eigenvalue weighted by Crippen LogP contribution is 2.30. The van der Waals surface area contributed by atoms with Gasteiger partial charge in [-0.1, -0.05) is 0 Å². The van der Waals surface area contributed by atoms with Gasteiger partial charge in [-0.3, -0.25) is 0 Å². The van der Waals surface area contributed by atoms with E-state index in [0.29, 0.717) is 16.8 Å². The molecule has 0 fully saturated rings. The zero-order valence-electron chi connectivity index (χ0n) is 9.71. The van der Waals surface area contributed by atoms with E-state index in [2.05, 4.69) is 9.36 Å². The van der Waals surface area contributed by atoms with Crippen LogP contribution in [0.1, 0.15) is 16.2 Å². The van der Waals surface area contributed by atoms with E-state index in [1.807, 2.05) is 0 Å². The summed E-state index contributed by atoms with van der Waals surface area (Å²) < 4.78 is 14.4. The minimum Gasteiger partial charge on any atom is -0.497 e. The number of hydrogen-bond acceptors (Lipinski definition) is 6. The Morgan fingerprint density at radius 1 is 1.44 bits per heavy atom. The molecule has 0 unspecified atom stereocenters. The van der Waals surface area contributed by atoms with Crippen LogP contribution in [0.15, 0.2) is 18.2 Å². The summed E-state index contributed by atoms with van der Waals surface area (Å²) in [4.78, 5) is 15.1. The molecule has 0 amide bonds. The van der Waals surface area contributed by atoms with Gasteiger partial charge in [0.05, 0.1) is 7.11 Å². The lowest BCUT2D eigenvalue weighted by atomic mass is 10.2. The molecule has 0 saturated heterocycles. The Morgan fingerprint density at radius 2 is 2.22 bits per heavy atom. The van der Waals surface area contributed by atoms with Gasteiger partial charge in [0, 0.05) is 17.6 Å². The minimum absolute atomic E-state index is 0.0450. The topological polar surface area (TPSA) is 81.5 Å². The molecule has 0 saturated carbocycles. The maximum atomic E-state index is 11.1. The summed E-state index contributed by atoms with van der Waals surface area (Å²) in [5.74, 6) is 0.192. The standard InChI is InChI=1S/C11H10N2O4S/c1-6-12-11(18-13-6)17-9-5-7(16-2)3-4-8(9)10(14)15/h3-5H,1-2H3,(H,14,15). The lowest BCUT2D eigenvalue weighted by molar-refractivity contribution is 0.0694. The van der Waals surface area contributed by atoms with E-state index in [9.17, 15) is 4.79 Å². The zero-order valence-corrected chi connectivity index (χ0v) is 10.5. The van der Waals surface area contributed by atoms with E-state index < -0.39 is 5.97 Å². The predicted octanol–water partition coefficient (Wildman–Crippen LogP) is 2.35. The number of carbonyl (C=O) groups is 1. The van der Waals surface area contributed by atoms with Gasteiger partial charge in [-0.2, -0.15) is 9.36 Å². The summed E-state index contributed by atoms with van der Waals surface area (Å²) in [6.07, 6.45) is 0. The van der Waals surface area contributed by atoms with Gasteiger partial charge >= 0.3 is 5.97 Å². The molecule has 0 spiro atoms. The Kier molecular flexibility index (Phi) is 3.42. The molecule has 6 nitrogen and oxygen atoms in total. The van der Waals surface area contributed by atoms with Gasteiger partial charge in [0.25, 0.3) is 5.19 Å². The van der Waals surface area contributed by atoms with Crippen molar-refractivity contribution >= 4 is 17.5 Å². The molecule has 0 aliphatic carbocycles. The van der Waals surface area contributed by atoms with Crippen molar-refractivity contribution in [2.45, 2.75) is 6.92 Å². The molecule has 0 bridgehead atoms. The van der Waals surface area contributed by atoms with Crippen molar-refractivity contribution in [3.05, 3.63) is 29.6 Å². The van der Waals surface area contributed by atoms with Crippen molar-refractivity contribution in [3.63, 3.8) is 0 Å². The number of hydrogen-bond donors (Lipinski definition) is 1. The molecule has 7 heteroatoms. The van der Waals surface area contributed by atoms with Gasteiger partial charge in [0.1, 0.15) is 22.9 Å². The van der Waals surface area contributed by atoms with E-state index in [0.717, 1.165) is 11.5 Å². The number of nitrogens with zero attached hydrogens (tertiary/aromatic N) is 2. The van der Waals surface area contributed by atoms with Gasteiger partial charge in [-0.05, 0) is 19.1 Å². The van der Waals surface area contributed by atoms with Gasteiger partial charge < -0.3 is 14.6 Å². The Hall–Kier alpha value is -2.15. The molecule has 94 valence electrons. The Bertz CT molecular complexity index is 582. The summed E-state index contributed by atoms with van der Waals surface area (Å²) in [7, 11) is 1.49. The Labute approximate surface area is 107 Å². The summed E-state index contributed by atoms with van der Waals surface area (Å²) in [5.41, 5.74) is 0.0450. The smallest absolute Gasteiger partial charge is 0.339 e. The number of benzene rings is 1. The number of methoxy groups -OCH3 is 1. The number of carboxylic acids is 1. The lowest BCUT2D eigenvalue weighted by Crippen LogP contribution is -2.00. The zero-order chi connectivity index (χ0) is 13.1. The van der Waals surface area contributed by atoms with Crippen LogP contribution in [0.4, 0.5) is 0 Å². The average Bonchev–Trinajstić information content (AvgIpc) is 2.74. The molecule has 18 heavy (non-hydrogen) atoms. The van der Waals surface area contributed by atoms with E-state index in [1.54, 1.807) is 13.0 Å². The SMILES string of the molecule is COc1ccc(C(=O)O)c(Oc2nc(C)ns2)c1. The van der Waals surface area contributed by atoms with Crippen molar-refractivity contribution < 1.29 is 19.4 Å². The van der Waals surface area contributed by atoms with Crippen LogP contribution in [0, 0.1) is 6.92 Å². The first kappa shape index (κ1) is 12.3. The minimum atomic E-state index is -1.08. The highest BCUT2D eigenvalue weighted by molar-refractivity contribution is 7.07. The molecule has 0 aliphatic rings. The highest BCUT2D eigenvalue weighted by atomic mass is 32.1.